The lowest BCUT2D eigenvalue weighted by Crippen LogP contribution is -2.27. The van der Waals surface area contributed by atoms with Gasteiger partial charge < -0.3 is 15.5 Å². The molecule has 0 aliphatic carbocycles. The summed E-state index contributed by atoms with van der Waals surface area (Å²) in [6.07, 6.45) is 0. The van der Waals surface area contributed by atoms with Crippen molar-refractivity contribution in [3.05, 3.63) is 82.8 Å². The Hall–Kier alpha value is -3.59. The van der Waals surface area contributed by atoms with Crippen molar-refractivity contribution in [2.75, 3.05) is 14.1 Å². The van der Waals surface area contributed by atoms with E-state index in [0.717, 1.165) is 17.7 Å². The van der Waals surface area contributed by atoms with E-state index in [0.29, 0.717) is 5.56 Å². The SMILES string of the molecule is CN(C)C(c1ccccc1)c1nc(O)c(O)c(C(=O)NCc2ccc(F)c(F)c2)n1. The van der Waals surface area contributed by atoms with Gasteiger partial charge in [0.15, 0.2) is 23.2 Å². The average Bonchev–Trinajstić information content (AvgIpc) is 2.71. The Kier molecular flexibility index (Phi) is 6.22. The largest absolute Gasteiger partial charge is 0.501 e. The summed E-state index contributed by atoms with van der Waals surface area (Å²) in [7, 11) is 3.57. The van der Waals surface area contributed by atoms with E-state index in [1.165, 1.54) is 6.07 Å². The third kappa shape index (κ3) is 4.52. The van der Waals surface area contributed by atoms with Gasteiger partial charge in [-0.15, -0.1) is 0 Å². The maximum absolute atomic E-state index is 13.3. The van der Waals surface area contributed by atoms with Gasteiger partial charge in [-0.1, -0.05) is 36.4 Å². The predicted octanol–water partition coefficient (Wildman–Crippen LogP) is 2.75. The minimum atomic E-state index is -1.04. The van der Waals surface area contributed by atoms with Crippen LogP contribution in [0.3, 0.4) is 0 Å². The molecule has 1 amide bonds. The second kappa shape index (κ2) is 8.83. The highest BCUT2D eigenvalue weighted by atomic mass is 19.2. The van der Waals surface area contributed by atoms with Crippen LogP contribution in [0.4, 0.5) is 8.78 Å². The molecule has 30 heavy (non-hydrogen) atoms. The highest BCUT2D eigenvalue weighted by Crippen LogP contribution is 2.31. The van der Waals surface area contributed by atoms with E-state index in [9.17, 15) is 23.8 Å². The first kappa shape index (κ1) is 21.1. The molecule has 1 unspecified atom stereocenters. The van der Waals surface area contributed by atoms with Gasteiger partial charge in [0.25, 0.3) is 11.8 Å². The second-order valence-corrected chi connectivity index (χ2v) is 6.81. The number of carbonyl (C=O) groups is 1. The Morgan fingerprint density at radius 1 is 1.07 bits per heavy atom. The third-order valence-corrected chi connectivity index (χ3v) is 4.41. The zero-order valence-electron chi connectivity index (χ0n) is 16.3. The molecule has 1 atom stereocenters. The molecule has 3 aromatic rings. The number of hydrogen-bond acceptors (Lipinski definition) is 6. The Balaban J connectivity index is 1.90. The lowest BCUT2D eigenvalue weighted by atomic mass is 10.1. The van der Waals surface area contributed by atoms with Crippen molar-refractivity contribution in [2.24, 2.45) is 0 Å². The quantitative estimate of drug-likeness (QED) is 0.574. The predicted molar refractivity (Wildman–Crippen MR) is 105 cm³/mol. The summed E-state index contributed by atoms with van der Waals surface area (Å²) in [5, 5.41) is 22.6. The summed E-state index contributed by atoms with van der Waals surface area (Å²) in [6.45, 7) is -0.134. The first-order chi connectivity index (χ1) is 14.3. The number of rotatable bonds is 6. The summed E-state index contributed by atoms with van der Waals surface area (Å²) < 4.78 is 26.4. The van der Waals surface area contributed by atoms with Gasteiger partial charge >= 0.3 is 0 Å². The average molecular weight is 414 g/mol. The van der Waals surface area contributed by atoms with E-state index in [2.05, 4.69) is 15.3 Å². The molecule has 0 aliphatic rings. The Morgan fingerprint density at radius 3 is 2.40 bits per heavy atom. The van der Waals surface area contributed by atoms with Crippen LogP contribution in [0.15, 0.2) is 48.5 Å². The summed E-state index contributed by atoms with van der Waals surface area (Å²) >= 11 is 0. The van der Waals surface area contributed by atoms with Crippen LogP contribution in [-0.2, 0) is 6.54 Å². The summed E-state index contributed by atoms with van der Waals surface area (Å²) in [5.41, 5.74) is 0.708. The number of carbonyl (C=O) groups excluding carboxylic acids is 1. The first-order valence-electron chi connectivity index (χ1n) is 9.01. The maximum Gasteiger partial charge on any atom is 0.274 e. The molecule has 0 aliphatic heterocycles. The van der Waals surface area contributed by atoms with Gasteiger partial charge in [0.1, 0.15) is 0 Å². The molecule has 1 heterocycles. The van der Waals surface area contributed by atoms with Crippen molar-refractivity contribution in [3.8, 4) is 11.6 Å². The van der Waals surface area contributed by atoms with Gasteiger partial charge in [-0.25, -0.2) is 13.8 Å². The number of benzene rings is 2. The normalized spacial score (nSPS) is 12.0. The summed E-state index contributed by atoms with van der Waals surface area (Å²) in [4.78, 5) is 22.5. The molecule has 3 N–H and O–H groups in total. The topological polar surface area (TPSA) is 98.6 Å². The fourth-order valence-corrected chi connectivity index (χ4v) is 2.97. The lowest BCUT2D eigenvalue weighted by Gasteiger charge is -2.24. The molecule has 156 valence electrons. The van der Waals surface area contributed by atoms with E-state index in [1.54, 1.807) is 19.0 Å². The standard InChI is InChI=1S/C21H20F2N4O3/c1-27(2)17(13-6-4-3-5-7-13)19-25-16(18(28)21(30)26-19)20(29)24-11-12-8-9-14(22)15(23)10-12/h3-10,17,28H,11H2,1-2H3,(H,24,29)(H,25,26,30). The van der Waals surface area contributed by atoms with E-state index >= 15 is 0 Å². The molecular formula is C21H20F2N4O3. The Labute approximate surface area is 171 Å². The molecule has 7 nitrogen and oxygen atoms in total. The van der Waals surface area contributed by atoms with Crippen LogP contribution in [0.1, 0.15) is 33.5 Å². The van der Waals surface area contributed by atoms with Gasteiger partial charge in [-0.05, 0) is 37.4 Å². The fourth-order valence-electron chi connectivity index (χ4n) is 2.97. The van der Waals surface area contributed by atoms with E-state index in [4.69, 9.17) is 0 Å². The Morgan fingerprint density at radius 2 is 1.77 bits per heavy atom. The molecule has 2 aromatic carbocycles. The summed E-state index contributed by atoms with van der Waals surface area (Å²) in [6, 6.07) is 11.9. The van der Waals surface area contributed by atoms with Crippen LogP contribution in [-0.4, -0.2) is 45.1 Å². The monoisotopic (exact) mass is 414 g/mol. The molecule has 0 radical (unpaired) electrons. The molecule has 9 heteroatoms. The van der Waals surface area contributed by atoms with Crippen LogP contribution in [0.5, 0.6) is 11.6 Å². The zero-order chi connectivity index (χ0) is 21.8. The number of amides is 1. The van der Waals surface area contributed by atoms with Crippen molar-refractivity contribution in [1.29, 1.82) is 0 Å². The minimum absolute atomic E-state index is 0.111. The van der Waals surface area contributed by atoms with Crippen LogP contribution < -0.4 is 5.32 Å². The molecule has 1 aromatic heterocycles. The van der Waals surface area contributed by atoms with Crippen LogP contribution >= 0.6 is 0 Å². The highest BCUT2D eigenvalue weighted by molar-refractivity contribution is 5.95. The molecule has 0 saturated heterocycles. The van der Waals surface area contributed by atoms with Crippen molar-refractivity contribution in [2.45, 2.75) is 12.6 Å². The number of aromatic hydroxyl groups is 2. The smallest absolute Gasteiger partial charge is 0.274 e. The second-order valence-electron chi connectivity index (χ2n) is 6.81. The number of halogens is 2. The van der Waals surface area contributed by atoms with E-state index in [-0.39, 0.29) is 12.4 Å². The molecular weight excluding hydrogens is 394 g/mol. The van der Waals surface area contributed by atoms with Gasteiger partial charge in [-0.3, -0.25) is 9.69 Å². The van der Waals surface area contributed by atoms with Gasteiger partial charge in [-0.2, -0.15) is 4.98 Å². The van der Waals surface area contributed by atoms with E-state index < -0.39 is 40.9 Å². The number of aromatic nitrogens is 2. The van der Waals surface area contributed by atoms with Crippen molar-refractivity contribution in [1.82, 2.24) is 20.2 Å². The van der Waals surface area contributed by atoms with Crippen LogP contribution in [0.2, 0.25) is 0 Å². The van der Waals surface area contributed by atoms with Gasteiger partial charge in [0.05, 0.1) is 6.04 Å². The third-order valence-electron chi connectivity index (χ3n) is 4.41. The molecule has 0 saturated carbocycles. The zero-order valence-corrected chi connectivity index (χ0v) is 16.3. The first-order valence-corrected chi connectivity index (χ1v) is 9.01. The lowest BCUT2D eigenvalue weighted by molar-refractivity contribution is 0.0940. The van der Waals surface area contributed by atoms with Crippen molar-refractivity contribution >= 4 is 5.91 Å². The molecule has 0 fully saturated rings. The van der Waals surface area contributed by atoms with Crippen LogP contribution in [0, 0.1) is 11.6 Å². The highest BCUT2D eigenvalue weighted by Gasteiger charge is 2.26. The number of hydrogen-bond donors (Lipinski definition) is 3. The minimum Gasteiger partial charge on any atom is -0.501 e. The molecule has 0 spiro atoms. The van der Waals surface area contributed by atoms with Crippen molar-refractivity contribution < 1.29 is 23.8 Å². The number of nitrogens with one attached hydrogen (secondary N) is 1. The van der Waals surface area contributed by atoms with Crippen LogP contribution in [0.25, 0.3) is 0 Å². The van der Waals surface area contributed by atoms with Crippen molar-refractivity contribution in [3.63, 3.8) is 0 Å². The molecule has 3 rings (SSSR count). The fraction of sp³-hybridized carbons (Fsp3) is 0.190. The summed E-state index contributed by atoms with van der Waals surface area (Å²) in [5.74, 6) is -4.24. The van der Waals surface area contributed by atoms with E-state index in [1.807, 2.05) is 30.3 Å². The van der Waals surface area contributed by atoms with Gasteiger partial charge in [0, 0.05) is 6.54 Å². The number of nitrogens with zero attached hydrogens (tertiary/aromatic N) is 3. The van der Waals surface area contributed by atoms with Gasteiger partial charge in [0.2, 0.25) is 5.75 Å². The maximum atomic E-state index is 13.3. The molecule has 0 bridgehead atoms. The Bertz CT molecular complexity index is 1060.